The van der Waals surface area contributed by atoms with Gasteiger partial charge in [-0.3, -0.25) is 9.59 Å². The summed E-state index contributed by atoms with van der Waals surface area (Å²) in [5, 5.41) is 0.595. The maximum Gasteiger partial charge on any atom is 0.242 e. The molecule has 31 heavy (non-hydrogen) atoms. The van der Waals surface area contributed by atoms with Crippen molar-refractivity contribution in [2.75, 3.05) is 37.7 Å². The first kappa shape index (κ1) is 20.0. The van der Waals surface area contributed by atoms with Gasteiger partial charge in [0.25, 0.3) is 0 Å². The Kier molecular flexibility index (Phi) is 5.38. The minimum absolute atomic E-state index is 0.0328. The van der Waals surface area contributed by atoms with Crippen LogP contribution in [-0.4, -0.2) is 59.1 Å². The number of rotatable bonds is 4. The standard InChI is InChI=1S/C23H23ClN4O3/c24-17-4-3-5-18(13-17)27-14-16(12-21(27)29)23-25-19-6-1-2-7-20(19)28(23)15-22(30)26-8-10-31-11-9-26/h1-7,13,16H,8-12,14-15H2. The largest absolute Gasteiger partial charge is 0.378 e. The van der Waals surface area contributed by atoms with Gasteiger partial charge in [0.05, 0.1) is 24.2 Å². The summed E-state index contributed by atoms with van der Waals surface area (Å²) in [6.45, 7) is 3.05. The molecular weight excluding hydrogens is 416 g/mol. The molecule has 7 nitrogen and oxygen atoms in total. The lowest BCUT2D eigenvalue weighted by molar-refractivity contribution is -0.135. The molecule has 2 amide bonds. The van der Waals surface area contributed by atoms with Crippen molar-refractivity contribution < 1.29 is 14.3 Å². The van der Waals surface area contributed by atoms with Crippen LogP contribution in [0.15, 0.2) is 48.5 Å². The zero-order valence-electron chi connectivity index (χ0n) is 17.0. The third-order valence-corrected chi connectivity index (χ3v) is 6.19. The Morgan fingerprint density at radius 3 is 2.74 bits per heavy atom. The summed E-state index contributed by atoms with van der Waals surface area (Å²) in [4.78, 5) is 34.2. The number of morpholine rings is 1. The molecule has 2 aliphatic rings. The number of benzene rings is 2. The van der Waals surface area contributed by atoms with Crippen molar-refractivity contribution in [2.45, 2.75) is 18.9 Å². The minimum atomic E-state index is -0.101. The molecule has 1 atom stereocenters. The number of fused-ring (bicyclic) bond motifs is 1. The molecule has 2 aliphatic heterocycles. The summed E-state index contributed by atoms with van der Waals surface area (Å²) in [5.41, 5.74) is 2.53. The summed E-state index contributed by atoms with van der Waals surface area (Å²) in [7, 11) is 0. The molecule has 3 aromatic rings. The van der Waals surface area contributed by atoms with E-state index in [1.54, 1.807) is 17.0 Å². The monoisotopic (exact) mass is 438 g/mol. The molecule has 1 unspecified atom stereocenters. The van der Waals surface area contributed by atoms with Gasteiger partial charge in [-0.05, 0) is 30.3 Å². The van der Waals surface area contributed by atoms with Crippen LogP contribution < -0.4 is 4.90 Å². The van der Waals surface area contributed by atoms with Crippen LogP contribution in [0.3, 0.4) is 0 Å². The van der Waals surface area contributed by atoms with Crippen molar-refractivity contribution in [1.29, 1.82) is 0 Å². The van der Waals surface area contributed by atoms with Crippen molar-refractivity contribution in [3.63, 3.8) is 0 Å². The first-order valence-corrected chi connectivity index (χ1v) is 10.8. The van der Waals surface area contributed by atoms with Crippen molar-refractivity contribution in [1.82, 2.24) is 14.5 Å². The van der Waals surface area contributed by atoms with Crippen molar-refractivity contribution in [2.24, 2.45) is 0 Å². The molecule has 0 bridgehead atoms. The number of amides is 2. The number of nitrogens with zero attached hydrogens (tertiary/aromatic N) is 4. The fraction of sp³-hybridized carbons (Fsp3) is 0.348. The Morgan fingerprint density at radius 2 is 1.94 bits per heavy atom. The quantitative estimate of drug-likeness (QED) is 0.627. The zero-order chi connectivity index (χ0) is 21.4. The Morgan fingerprint density at radius 1 is 1.13 bits per heavy atom. The molecule has 5 rings (SSSR count). The number of halogens is 1. The molecule has 0 spiro atoms. The van der Waals surface area contributed by atoms with E-state index in [9.17, 15) is 9.59 Å². The van der Waals surface area contributed by atoms with Gasteiger partial charge in [0.15, 0.2) is 0 Å². The van der Waals surface area contributed by atoms with Gasteiger partial charge in [-0.25, -0.2) is 4.98 Å². The van der Waals surface area contributed by atoms with Crippen LogP contribution >= 0.6 is 11.6 Å². The van der Waals surface area contributed by atoms with E-state index in [4.69, 9.17) is 21.3 Å². The van der Waals surface area contributed by atoms with Gasteiger partial charge in [0, 0.05) is 42.7 Å². The molecule has 160 valence electrons. The van der Waals surface area contributed by atoms with Gasteiger partial charge in [0.1, 0.15) is 12.4 Å². The van der Waals surface area contributed by atoms with Crippen LogP contribution in [0, 0.1) is 0 Å². The van der Waals surface area contributed by atoms with Crippen LogP contribution in [-0.2, 0) is 20.9 Å². The molecule has 8 heteroatoms. The lowest BCUT2D eigenvalue weighted by atomic mass is 10.1. The molecule has 0 aliphatic carbocycles. The van der Waals surface area contributed by atoms with E-state index < -0.39 is 0 Å². The van der Waals surface area contributed by atoms with Crippen LogP contribution in [0.5, 0.6) is 0 Å². The van der Waals surface area contributed by atoms with E-state index in [-0.39, 0.29) is 24.3 Å². The second-order valence-corrected chi connectivity index (χ2v) is 8.36. The number of ether oxygens (including phenoxy) is 1. The highest BCUT2D eigenvalue weighted by Gasteiger charge is 2.35. The van der Waals surface area contributed by atoms with Crippen molar-refractivity contribution >= 4 is 40.1 Å². The van der Waals surface area contributed by atoms with Gasteiger partial charge in [-0.15, -0.1) is 0 Å². The summed E-state index contributed by atoms with van der Waals surface area (Å²) >= 11 is 6.13. The summed E-state index contributed by atoms with van der Waals surface area (Å²) in [5.74, 6) is 0.756. The molecule has 0 radical (unpaired) electrons. The number of carbonyl (C=O) groups excluding carboxylic acids is 2. The van der Waals surface area contributed by atoms with Gasteiger partial charge < -0.3 is 19.1 Å². The highest BCUT2D eigenvalue weighted by molar-refractivity contribution is 6.30. The predicted molar refractivity (Wildman–Crippen MR) is 118 cm³/mol. The average molecular weight is 439 g/mol. The third kappa shape index (κ3) is 3.91. The number of para-hydroxylation sites is 2. The minimum Gasteiger partial charge on any atom is -0.378 e. The van der Waals surface area contributed by atoms with Crippen LogP contribution in [0.2, 0.25) is 5.02 Å². The molecule has 3 heterocycles. The van der Waals surface area contributed by atoms with E-state index in [1.165, 1.54) is 0 Å². The average Bonchev–Trinajstić information content (AvgIpc) is 3.35. The number of aromatic nitrogens is 2. The molecule has 1 aromatic heterocycles. The second kappa shape index (κ2) is 8.32. The highest BCUT2D eigenvalue weighted by Crippen LogP contribution is 2.34. The van der Waals surface area contributed by atoms with Crippen molar-refractivity contribution in [3.05, 3.63) is 59.4 Å². The Bertz CT molecular complexity index is 1140. The lowest BCUT2D eigenvalue weighted by Gasteiger charge is -2.27. The van der Waals surface area contributed by atoms with E-state index in [0.717, 1.165) is 22.5 Å². The lowest BCUT2D eigenvalue weighted by Crippen LogP contribution is -2.42. The molecule has 2 fully saturated rings. The van der Waals surface area contributed by atoms with Crippen LogP contribution in [0.4, 0.5) is 5.69 Å². The summed E-state index contributed by atoms with van der Waals surface area (Å²) < 4.78 is 7.35. The Labute approximate surface area is 185 Å². The van der Waals surface area contributed by atoms with E-state index in [2.05, 4.69) is 0 Å². The topological polar surface area (TPSA) is 67.7 Å². The first-order chi connectivity index (χ1) is 15.1. The smallest absolute Gasteiger partial charge is 0.242 e. The maximum absolute atomic E-state index is 13.0. The van der Waals surface area contributed by atoms with Gasteiger partial charge >= 0.3 is 0 Å². The van der Waals surface area contributed by atoms with E-state index in [1.807, 2.05) is 45.9 Å². The molecular formula is C23H23ClN4O3. The third-order valence-electron chi connectivity index (χ3n) is 5.95. The summed E-state index contributed by atoms with van der Waals surface area (Å²) in [6.07, 6.45) is 0.349. The van der Waals surface area contributed by atoms with Gasteiger partial charge in [-0.2, -0.15) is 0 Å². The molecule has 2 saturated heterocycles. The number of anilines is 1. The zero-order valence-corrected chi connectivity index (χ0v) is 17.8. The van der Waals surface area contributed by atoms with E-state index in [0.29, 0.717) is 44.3 Å². The van der Waals surface area contributed by atoms with Crippen LogP contribution in [0.1, 0.15) is 18.2 Å². The normalized spacial score (nSPS) is 19.4. The fourth-order valence-corrected chi connectivity index (χ4v) is 4.58. The molecule has 2 aromatic carbocycles. The Hall–Kier alpha value is -2.90. The number of carbonyl (C=O) groups is 2. The highest BCUT2D eigenvalue weighted by atomic mass is 35.5. The van der Waals surface area contributed by atoms with Gasteiger partial charge in [-0.1, -0.05) is 29.8 Å². The second-order valence-electron chi connectivity index (χ2n) is 7.92. The number of imidazole rings is 1. The number of hydrogen-bond acceptors (Lipinski definition) is 4. The molecule has 0 N–H and O–H groups in total. The maximum atomic E-state index is 13.0. The predicted octanol–water partition coefficient (Wildman–Crippen LogP) is 3.07. The van der Waals surface area contributed by atoms with Gasteiger partial charge in [0.2, 0.25) is 11.8 Å². The SMILES string of the molecule is O=C(Cn1c(C2CC(=O)N(c3cccc(Cl)c3)C2)nc2ccccc21)N1CCOCC1. The molecule has 0 saturated carbocycles. The summed E-state index contributed by atoms with van der Waals surface area (Å²) in [6, 6.07) is 15.1. The number of hydrogen-bond donors (Lipinski definition) is 0. The Balaban J connectivity index is 1.46. The fourth-order valence-electron chi connectivity index (χ4n) is 4.39. The van der Waals surface area contributed by atoms with Crippen LogP contribution in [0.25, 0.3) is 11.0 Å². The first-order valence-electron chi connectivity index (χ1n) is 10.5. The van der Waals surface area contributed by atoms with E-state index >= 15 is 0 Å². The van der Waals surface area contributed by atoms with Crippen molar-refractivity contribution in [3.8, 4) is 0 Å².